The Labute approximate surface area is 170 Å². The van der Waals surface area contributed by atoms with Crippen molar-refractivity contribution in [2.45, 2.75) is 57.9 Å². The van der Waals surface area contributed by atoms with E-state index in [-0.39, 0.29) is 10.5 Å². The first-order chi connectivity index (χ1) is 13.4. The number of carbonyl (C=O) groups is 1. The van der Waals surface area contributed by atoms with E-state index in [4.69, 9.17) is 4.43 Å². The molecule has 2 fully saturated rings. The van der Waals surface area contributed by atoms with Crippen LogP contribution < -0.4 is 10.4 Å². The molecule has 0 amide bonds. The maximum Gasteiger partial charge on any atom is 0.261 e. The average Bonchev–Trinajstić information content (AvgIpc) is 3.18. The summed E-state index contributed by atoms with van der Waals surface area (Å²) in [6.07, 6.45) is 5.06. The van der Waals surface area contributed by atoms with E-state index in [2.05, 4.69) is 81.4 Å². The molecule has 0 heterocycles. The number of hydrogen-bond acceptors (Lipinski definition) is 2. The summed E-state index contributed by atoms with van der Waals surface area (Å²) in [6.45, 7) is 7.69. The first-order valence-corrected chi connectivity index (χ1v) is 12.5. The van der Waals surface area contributed by atoms with Gasteiger partial charge in [0.1, 0.15) is 5.78 Å². The summed E-state index contributed by atoms with van der Waals surface area (Å²) in [7, 11) is -2.52. The molecule has 2 aromatic carbocycles. The highest BCUT2D eigenvalue weighted by Crippen LogP contribution is 2.53. The lowest BCUT2D eigenvalue weighted by Crippen LogP contribution is -2.67. The van der Waals surface area contributed by atoms with Crippen LogP contribution in [0.5, 0.6) is 0 Å². The molecular weight excluding hydrogens is 360 g/mol. The normalized spacial score (nSPS) is 25.1. The molecule has 0 unspecified atom stereocenters. The van der Waals surface area contributed by atoms with Gasteiger partial charge in [0.15, 0.2) is 0 Å². The standard InChI is InChI=1S/C25H32O2Si/c1-24(2,3)28(22-12-6-4-7-13-22,23-14-8-5-9-15-23)27-19-25-16-10-11-20(25)17-21(26)18-25/h4-9,12-15,20H,10-11,16-19H2,1-3H3/t20-,25+/m1/s1. The fourth-order valence-electron chi connectivity index (χ4n) is 5.76. The highest BCUT2D eigenvalue weighted by Gasteiger charge is 2.55. The molecule has 0 aliphatic heterocycles. The summed E-state index contributed by atoms with van der Waals surface area (Å²) in [5.41, 5.74) is 0.0736. The van der Waals surface area contributed by atoms with Crippen molar-refractivity contribution in [3.8, 4) is 0 Å². The summed E-state index contributed by atoms with van der Waals surface area (Å²) >= 11 is 0. The molecule has 2 aliphatic rings. The van der Waals surface area contributed by atoms with Crippen molar-refractivity contribution in [2.24, 2.45) is 11.3 Å². The van der Waals surface area contributed by atoms with E-state index in [0.29, 0.717) is 11.7 Å². The van der Waals surface area contributed by atoms with Gasteiger partial charge in [0.25, 0.3) is 8.32 Å². The maximum atomic E-state index is 12.3. The molecule has 2 nitrogen and oxygen atoms in total. The van der Waals surface area contributed by atoms with Crippen LogP contribution in [0.15, 0.2) is 60.7 Å². The summed E-state index contributed by atoms with van der Waals surface area (Å²) < 4.78 is 7.19. The number of carbonyl (C=O) groups excluding carboxylic acids is 1. The molecule has 0 spiro atoms. The average molecular weight is 393 g/mol. The Bertz CT molecular complexity index is 785. The van der Waals surface area contributed by atoms with Crippen molar-refractivity contribution >= 4 is 24.5 Å². The van der Waals surface area contributed by atoms with E-state index in [1.54, 1.807) is 0 Å². The lowest BCUT2D eigenvalue weighted by atomic mass is 9.81. The predicted molar refractivity (Wildman–Crippen MR) is 118 cm³/mol. The Hall–Kier alpha value is -1.71. The largest absolute Gasteiger partial charge is 0.407 e. The molecule has 148 valence electrons. The molecule has 28 heavy (non-hydrogen) atoms. The quantitative estimate of drug-likeness (QED) is 0.689. The second-order valence-corrected chi connectivity index (χ2v) is 14.1. The van der Waals surface area contributed by atoms with Crippen LogP contribution in [-0.4, -0.2) is 20.7 Å². The summed E-state index contributed by atoms with van der Waals surface area (Å²) in [5.74, 6) is 0.967. The lowest BCUT2D eigenvalue weighted by Gasteiger charge is -2.45. The first-order valence-electron chi connectivity index (χ1n) is 10.6. The fourth-order valence-corrected chi connectivity index (χ4v) is 10.4. The molecule has 0 aromatic heterocycles. The highest BCUT2D eigenvalue weighted by molar-refractivity contribution is 6.99. The maximum absolute atomic E-state index is 12.3. The van der Waals surface area contributed by atoms with E-state index in [0.717, 1.165) is 25.9 Å². The van der Waals surface area contributed by atoms with Gasteiger partial charge in [-0.1, -0.05) is 87.9 Å². The number of hydrogen-bond donors (Lipinski definition) is 0. The van der Waals surface area contributed by atoms with Crippen molar-refractivity contribution in [2.75, 3.05) is 6.61 Å². The Morgan fingerprint density at radius 3 is 2.11 bits per heavy atom. The Morgan fingerprint density at radius 1 is 1.00 bits per heavy atom. The Kier molecular flexibility index (Phi) is 5.09. The molecule has 4 rings (SSSR count). The van der Waals surface area contributed by atoms with Gasteiger partial charge in [-0.15, -0.1) is 0 Å². The molecule has 3 heteroatoms. The van der Waals surface area contributed by atoms with Gasteiger partial charge in [0.05, 0.1) is 0 Å². The van der Waals surface area contributed by atoms with Crippen LogP contribution in [0.4, 0.5) is 0 Å². The van der Waals surface area contributed by atoms with Crippen LogP contribution in [0, 0.1) is 11.3 Å². The monoisotopic (exact) mass is 392 g/mol. The molecular formula is C25H32O2Si. The molecule has 2 aromatic rings. The van der Waals surface area contributed by atoms with Gasteiger partial charge in [0.2, 0.25) is 0 Å². The third kappa shape index (κ3) is 3.19. The van der Waals surface area contributed by atoms with E-state index >= 15 is 0 Å². The minimum Gasteiger partial charge on any atom is -0.407 e. The van der Waals surface area contributed by atoms with Crippen LogP contribution in [0.2, 0.25) is 5.04 Å². The molecule has 0 radical (unpaired) electrons. The van der Waals surface area contributed by atoms with E-state index < -0.39 is 8.32 Å². The zero-order valence-corrected chi connectivity index (χ0v) is 18.4. The number of rotatable bonds is 5. The van der Waals surface area contributed by atoms with Crippen LogP contribution in [0.25, 0.3) is 0 Å². The Morgan fingerprint density at radius 2 is 1.57 bits per heavy atom. The number of fused-ring (bicyclic) bond motifs is 1. The smallest absolute Gasteiger partial charge is 0.261 e. The first kappa shape index (κ1) is 19.6. The zero-order valence-electron chi connectivity index (χ0n) is 17.4. The lowest BCUT2D eigenvalue weighted by molar-refractivity contribution is -0.118. The molecule has 2 atom stereocenters. The van der Waals surface area contributed by atoms with Crippen LogP contribution >= 0.6 is 0 Å². The van der Waals surface area contributed by atoms with Crippen LogP contribution in [-0.2, 0) is 9.22 Å². The zero-order chi connectivity index (χ0) is 19.8. The van der Waals surface area contributed by atoms with Gasteiger partial charge >= 0.3 is 0 Å². The molecule has 0 bridgehead atoms. The molecule has 0 saturated heterocycles. The highest BCUT2D eigenvalue weighted by atomic mass is 28.4. The van der Waals surface area contributed by atoms with Gasteiger partial charge in [-0.2, -0.15) is 0 Å². The van der Waals surface area contributed by atoms with Gasteiger partial charge in [0, 0.05) is 24.9 Å². The van der Waals surface area contributed by atoms with E-state index in [1.807, 2.05) is 0 Å². The minimum absolute atomic E-state index is 0.0109. The van der Waals surface area contributed by atoms with E-state index in [9.17, 15) is 4.79 Å². The second kappa shape index (κ2) is 7.27. The Balaban J connectivity index is 1.78. The molecule has 2 saturated carbocycles. The van der Waals surface area contributed by atoms with Gasteiger partial charge in [-0.3, -0.25) is 4.79 Å². The summed E-state index contributed by atoms with van der Waals surface area (Å²) in [4.78, 5) is 12.3. The number of benzene rings is 2. The topological polar surface area (TPSA) is 26.3 Å². The van der Waals surface area contributed by atoms with Crippen LogP contribution in [0.1, 0.15) is 52.9 Å². The SMILES string of the molecule is CC(C)(C)[Si](OC[C@@]12CCC[C@@H]1CC(=O)C2)(c1ccccc1)c1ccccc1. The second-order valence-electron chi connectivity index (χ2n) is 9.82. The van der Waals surface area contributed by atoms with Crippen molar-refractivity contribution in [1.29, 1.82) is 0 Å². The fraction of sp³-hybridized carbons (Fsp3) is 0.480. The third-order valence-corrected chi connectivity index (χ3v) is 12.1. The van der Waals surface area contributed by atoms with Gasteiger partial charge in [-0.05, 0) is 34.2 Å². The predicted octanol–water partition coefficient (Wildman–Crippen LogP) is 4.71. The van der Waals surface area contributed by atoms with Crippen LogP contribution in [0.3, 0.4) is 0 Å². The summed E-state index contributed by atoms with van der Waals surface area (Å²) in [6, 6.07) is 21.7. The number of Topliss-reactive ketones (excluding diaryl/α,β-unsaturated/α-hetero) is 1. The van der Waals surface area contributed by atoms with Crippen molar-refractivity contribution in [1.82, 2.24) is 0 Å². The molecule has 2 aliphatic carbocycles. The van der Waals surface area contributed by atoms with Crippen molar-refractivity contribution in [3.05, 3.63) is 60.7 Å². The minimum atomic E-state index is -2.52. The van der Waals surface area contributed by atoms with Gasteiger partial charge < -0.3 is 4.43 Å². The van der Waals surface area contributed by atoms with Crippen molar-refractivity contribution < 1.29 is 9.22 Å². The van der Waals surface area contributed by atoms with E-state index in [1.165, 1.54) is 23.2 Å². The number of ketones is 1. The van der Waals surface area contributed by atoms with Gasteiger partial charge in [-0.25, -0.2) is 0 Å². The van der Waals surface area contributed by atoms with Crippen molar-refractivity contribution in [3.63, 3.8) is 0 Å². The summed E-state index contributed by atoms with van der Waals surface area (Å²) in [5, 5.41) is 2.64. The molecule has 0 N–H and O–H groups in total. The third-order valence-electron chi connectivity index (χ3n) is 7.11.